The predicted molar refractivity (Wildman–Crippen MR) is 122 cm³/mol. The van der Waals surface area contributed by atoms with Crippen molar-refractivity contribution in [1.29, 1.82) is 0 Å². The van der Waals surface area contributed by atoms with Crippen LogP contribution in [0, 0.1) is 5.82 Å². The number of benzene rings is 3. The molecule has 1 aliphatic rings. The standard InChI is InChI=1S/C26H20FN3O3/c27-18-6-11-21-17(14-18)5-12-22-25(21)30-24(16-3-9-20(32)10-4-16)26(28-22)29-23(33)13-15-1-7-19(31)8-2-15/h1-4,6-11,14,31-32H,5,12-13H2,(H,28,29,33). The Morgan fingerprint density at radius 3 is 2.30 bits per heavy atom. The number of amides is 1. The summed E-state index contributed by atoms with van der Waals surface area (Å²) in [6.07, 6.45) is 1.32. The maximum Gasteiger partial charge on any atom is 0.230 e. The molecule has 0 bridgehead atoms. The van der Waals surface area contributed by atoms with E-state index in [0.717, 1.165) is 22.4 Å². The maximum absolute atomic E-state index is 13.7. The second-order valence-corrected chi connectivity index (χ2v) is 7.96. The van der Waals surface area contributed by atoms with Crippen molar-refractivity contribution >= 4 is 11.7 Å². The Bertz CT molecular complexity index is 1350. The van der Waals surface area contributed by atoms with Crippen LogP contribution in [0.3, 0.4) is 0 Å². The number of fused-ring (bicyclic) bond motifs is 3. The second-order valence-electron chi connectivity index (χ2n) is 7.96. The van der Waals surface area contributed by atoms with E-state index >= 15 is 0 Å². The molecule has 6 nitrogen and oxygen atoms in total. The van der Waals surface area contributed by atoms with Crippen molar-refractivity contribution in [2.75, 3.05) is 5.32 Å². The summed E-state index contributed by atoms with van der Waals surface area (Å²) in [6.45, 7) is 0. The summed E-state index contributed by atoms with van der Waals surface area (Å²) >= 11 is 0. The van der Waals surface area contributed by atoms with Gasteiger partial charge in [-0.05, 0) is 78.6 Å². The normalized spacial score (nSPS) is 12.0. The first-order valence-electron chi connectivity index (χ1n) is 10.5. The third-order valence-electron chi connectivity index (χ3n) is 5.62. The van der Waals surface area contributed by atoms with Gasteiger partial charge in [0.2, 0.25) is 5.91 Å². The van der Waals surface area contributed by atoms with Crippen molar-refractivity contribution in [3.63, 3.8) is 0 Å². The number of aromatic nitrogens is 2. The number of rotatable bonds is 4. The Morgan fingerprint density at radius 2 is 1.58 bits per heavy atom. The Balaban J connectivity index is 1.55. The van der Waals surface area contributed by atoms with Crippen molar-refractivity contribution in [2.24, 2.45) is 0 Å². The van der Waals surface area contributed by atoms with E-state index < -0.39 is 0 Å². The van der Waals surface area contributed by atoms with E-state index in [4.69, 9.17) is 9.97 Å². The highest BCUT2D eigenvalue weighted by Crippen LogP contribution is 2.36. The molecule has 1 aromatic heterocycles. The molecule has 0 fully saturated rings. The van der Waals surface area contributed by atoms with Gasteiger partial charge in [-0.2, -0.15) is 0 Å². The largest absolute Gasteiger partial charge is 0.508 e. The lowest BCUT2D eigenvalue weighted by molar-refractivity contribution is -0.115. The zero-order chi connectivity index (χ0) is 22.9. The number of aryl methyl sites for hydroxylation is 2. The lowest BCUT2D eigenvalue weighted by Crippen LogP contribution is -2.18. The van der Waals surface area contributed by atoms with Gasteiger partial charge in [0, 0.05) is 11.1 Å². The molecular formula is C26H20FN3O3. The Hall–Kier alpha value is -4.26. The van der Waals surface area contributed by atoms with Crippen LogP contribution >= 0.6 is 0 Å². The van der Waals surface area contributed by atoms with Crippen LogP contribution in [0.15, 0.2) is 66.7 Å². The van der Waals surface area contributed by atoms with Crippen molar-refractivity contribution < 1.29 is 19.4 Å². The van der Waals surface area contributed by atoms with Crippen LogP contribution in [-0.4, -0.2) is 26.1 Å². The average molecular weight is 441 g/mol. The third kappa shape index (κ3) is 4.25. The SMILES string of the molecule is O=C(Cc1ccc(O)cc1)Nc1nc2c(nc1-c1ccc(O)cc1)-c1ccc(F)cc1CC2. The van der Waals surface area contributed by atoms with Crippen LogP contribution in [0.25, 0.3) is 22.5 Å². The van der Waals surface area contributed by atoms with E-state index in [1.807, 2.05) is 0 Å². The molecule has 33 heavy (non-hydrogen) atoms. The molecular weight excluding hydrogens is 421 g/mol. The number of anilines is 1. The van der Waals surface area contributed by atoms with E-state index in [1.54, 1.807) is 42.5 Å². The summed E-state index contributed by atoms with van der Waals surface area (Å²) < 4.78 is 13.7. The number of phenolic OH excluding ortho intramolecular Hbond substituents is 2. The Morgan fingerprint density at radius 1 is 0.879 bits per heavy atom. The van der Waals surface area contributed by atoms with Crippen LogP contribution in [0.5, 0.6) is 11.5 Å². The van der Waals surface area contributed by atoms with E-state index in [1.165, 1.54) is 24.3 Å². The first kappa shape index (κ1) is 20.6. The molecule has 164 valence electrons. The summed E-state index contributed by atoms with van der Waals surface area (Å²) in [4.78, 5) is 22.4. The van der Waals surface area contributed by atoms with Gasteiger partial charge in [0.1, 0.15) is 23.0 Å². The number of nitrogens with zero attached hydrogens (tertiary/aromatic N) is 2. The molecule has 0 saturated heterocycles. The molecule has 0 unspecified atom stereocenters. The van der Waals surface area contributed by atoms with Gasteiger partial charge in [-0.15, -0.1) is 0 Å². The van der Waals surface area contributed by atoms with Crippen LogP contribution in [-0.2, 0) is 24.1 Å². The number of nitrogens with one attached hydrogen (secondary N) is 1. The summed E-state index contributed by atoms with van der Waals surface area (Å²) in [5.74, 6) is 0.0157. The number of aromatic hydroxyl groups is 2. The number of carbonyl (C=O) groups is 1. The molecule has 0 saturated carbocycles. The van der Waals surface area contributed by atoms with Crippen LogP contribution in [0.2, 0.25) is 0 Å². The van der Waals surface area contributed by atoms with Crippen molar-refractivity contribution in [3.05, 3.63) is 89.4 Å². The number of hydrogen-bond donors (Lipinski definition) is 3. The lowest BCUT2D eigenvalue weighted by Gasteiger charge is -2.21. The highest BCUT2D eigenvalue weighted by Gasteiger charge is 2.23. The van der Waals surface area contributed by atoms with Crippen molar-refractivity contribution in [1.82, 2.24) is 9.97 Å². The number of phenols is 2. The third-order valence-corrected chi connectivity index (χ3v) is 5.62. The molecule has 0 aliphatic heterocycles. The van der Waals surface area contributed by atoms with Crippen LogP contribution < -0.4 is 5.32 Å². The lowest BCUT2D eigenvalue weighted by atomic mass is 9.91. The maximum atomic E-state index is 13.7. The number of halogens is 1. The van der Waals surface area contributed by atoms with Gasteiger partial charge in [-0.1, -0.05) is 12.1 Å². The first-order valence-corrected chi connectivity index (χ1v) is 10.5. The van der Waals surface area contributed by atoms with Crippen molar-refractivity contribution in [2.45, 2.75) is 19.3 Å². The zero-order valence-electron chi connectivity index (χ0n) is 17.5. The minimum Gasteiger partial charge on any atom is -0.508 e. The predicted octanol–water partition coefficient (Wildman–Crippen LogP) is 4.64. The molecule has 0 radical (unpaired) electrons. The fourth-order valence-corrected chi connectivity index (χ4v) is 4.00. The molecule has 4 aromatic rings. The minimum absolute atomic E-state index is 0.107. The monoisotopic (exact) mass is 441 g/mol. The molecule has 3 N–H and O–H groups in total. The second kappa shape index (κ2) is 8.35. The summed E-state index contributed by atoms with van der Waals surface area (Å²) in [5, 5.41) is 22.0. The molecule has 3 aromatic carbocycles. The fourth-order valence-electron chi connectivity index (χ4n) is 4.00. The Labute approximate surface area is 189 Å². The van der Waals surface area contributed by atoms with Gasteiger partial charge in [0.15, 0.2) is 5.82 Å². The van der Waals surface area contributed by atoms with Crippen LogP contribution in [0.4, 0.5) is 10.2 Å². The highest BCUT2D eigenvalue weighted by atomic mass is 19.1. The van der Waals surface area contributed by atoms with E-state index in [9.17, 15) is 19.4 Å². The van der Waals surface area contributed by atoms with Gasteiger partial charge in [-0.25, -0.2) is 14.4 Å². The smallest absolute Gasteiger partial charge is 0.230 e. The highest BCUT2D eigenvalue weighted by molar-refractivity contribution is 5.95. The Kier molecular flexibility index (Phi) is 5.22. The first-order chi connectivity index (χ1) is 16.0. The molecule has 0 spiro atoms. The average Bonchev–Trinajstić information content (AvgIpc) is 2.80. The fraction of sp³-hybridized carbons (Fsp3) is 0.115. The molecule has 7 heteroatoms. The van der Waals surface area contributed by atoms with Crippen molar-refractivity contribution in [3.8, 4) is 34.0 Å². The minimum atomic E-state index is -0.290. The molecule has 1 aliphatic carbocycles. The quantitative estimate of drug-likeness (QED) is 0.429. The molecule has 5 rings (SSSR count). The van der Waals surface area contributed by atoms with E-state index in [0.29, 0.717) is 35.6 Å². The molecule has 1 heterocycles. The topological polar surface area (TPSA) is 95.3 Å². The molecule has 1 amide bonds. The summed E-state index contributed by atoms with van der Waals surface area (Å²) in [7, 11) is 0. The summed E-state index contributed by atoms with van der Waals surface area (Å²) in [6, 6.07) is 17.6. The number of hydrogen-bond acceptors (Lipinski definition) is 5. The van der Waals surface area contributed by atoms with Crippen LogP contribution in [0.1, 0.15) is 16.8 Å². The van der Waals surface area contributed by atoms with Gasteiger partial charge in [-0.3, -0.25) is 4.79 Å². The van der Waals surface area contributed by atoms with Gasteiger partial charge >= 0.3 is 0 Å². The summed E-state index contributed by atoms with van der Waals surface area (Å²) in [5.41, 5.74) is 4.98. The van der Waals surface area contributed by atoms with Gasteiger partial charge in [0.25, 0.3) is 0 Å². The van der Waals surface area contributed by atoms with E-state index in [2.05, 4.69) is 5.32 Å². The van der Waals surface area contributed by atoms with E-state index in [-0.39, 0.29) is 29.6 Å². The van der Waals surface area contributed by atoms with Gasteiger partial charge < -0.3 is 15.5 Å². The molecule has 0 atom stereocenters. The van der Waals surface area contributed by atoms with Gasteiger partial charge in [0.05, 0.1) is 17.8 Å². The zero-order valence-corrected chi connectivity index (χ0v) is 17.5. The number of carbonyl (C=O) groups excluding carboxylic acids is 1.